The Labute approximate surface area is 95.4 Å². The highest BCUT2D eigenvalue weighted by Gasteiger charge is 2.42. The van der Waals surface area contributed by atoms with E-state index in [9.17, 15) is 10.1 Å². The number of nitrogens with one attached hydrogen (secondary N) is 1. The van der Waals surface area contributed by atoms with Gasteiger partial charge in [0.2, 0.25) is 5.91 Å². The van der Waals surface area contributed by atoms with Gasteiger partial charge in [-0.05, 0) is 25.9 Å². The number of hydrogen-bond donors (Lipinski definition) is 1. The van der Waals surface area contributed by atoms with Gasteiger partial charge in [0.05, 0.1) is 19.3 Å². The molecule has 0 aromatic rings. The molecule has 0 unspecified atom stereocenters. The molecule has 2 aliphatic rings. The number of piperidine rings is 1. The van der Waals surface area contributed by atoms with Crippen LogP contribution in [0.25, 0.3) is 0 Å². The Hall–Kier alpha value is -1.12. The minimum Gasteiger partial charge on any atom is -0.378 e. The molecular weight excluding hydrogens is 206 g/mol. The highest BCUT2D eigenvalue weighted by Crippen LogP contribution is 2.30. The summed E-state index contributed by atoms with van der Waals surface area (Å²) in [5.74, 6) is -0.000185. The van der Waals surface area contributed by atoms with Crippen LogP contribution >= 0.6 is 0 Å². The fourth-order valence-corrected chi connectivity index (χ4v) is 2.30. The van der Waals surface area contributed by atoms with Crippen molar-refractivity contribution in [2.75, 3.05) is 39.4 Å². The molecule has 2 fully saturated rings. The number of nitrogens with zero attached hydrogens (tertiary/aromatic N) is 2. The maximum Gasteiger partial charge on any atom is 0.243 e. The van der Waals surface area contributed by atoms with Crippen molar-refractivity contribution in [3.63, 3.8) is 0 Å². The predicted octanol–water partition coefficient (Wildman–Crippen LogP) is -0.261. The Bertz CT molecular complexity index is 299. The molecule has 0 atom stereocenters. The molecule has 0 spiro atoms. The van der Waals surface area contributed by atoms with Crippen molar-refractivity contribution in [1.82, 2.24) is 10.2 Å². The first-order valence-electron chi connectivity index (χ1n) is 5.78. The highest BCUT2D eigenvalue weighted by atomic mass is 16.5. The number of hydrogen-bond acceptors (Lipinski definition) is 4. The van der Waals surface area contributed by atoms with E-state index < -0.39 is 5.41 Å². The lowest BCUT2D eigenvalue weighted by atomic mass is 9.79. The fraction of sp³-hybridized carbons (Fsp3) is 0.818. The smallest absolute Gasteiger partial charge is 0.243 e. The summed E-state index contributed by atoms with van der Waals surface area (Å²) in [6.45, 7) is 3.93. The van der Waals surface area contributed by atoms with E-state index in [0.29, 0.717) is 39.1 Å². The standard InChI is InChI=1S/C11H17N3O2/c12-9-11(1-3-13-4-2-11)10(15)14-5-7-16-8-6-14/h13H,1-8H2. The van der Waals surface area contributed by atoms with Crippen molar-refractivity contribution < 1.29 is 9.53 Å². The predicted molar refractivity (Wildman–Crippen MR) is 57.5 cm³/mol. The summed E-state index contributed by atoms with van der Waals surface area (Å²) < 4.78 is 5.21. The van der Waals surface area contributed by atoms with Gasteiger partial charge in [0.1, 0.15) is 5.41 Å². The van der Waals surface area contributed by atoms with E-state index >= 15 is 0 Å². The first-order valence-corrected chi connectivity index (χ1v) is 5.78. The molecule has 2 saturated heterocycles. The summed E-state index contributed by atoms with van der Waals surface area (Å²) in [7, 11) is 0. The monoisotopic (exact) mass is 223 g/mol. The van der Waals surface area contributed by atoms with Gasteiger partial charge in [-0.3, -0.25) is 4.79 Å². The highest BCUT2D eigenvalue weighted by molar-refractivity contribution is 5.85. The molecule has 2 aliphatic heterocycles. The fourth-order valence-electron chi connectivity index (χ4n) is 2.30. The zero-order chi connectivity index (χ0) is 11.4. The van der Waals surface area contributed by atoms with Crippen LogP contribution in [-0.2, 0) is 9.53 Å². The second kappa shape index (κ2) is 4.81. The lowest BCUT2D eigenvalue weighted by Crippen LogP contribution is -2.51. The first kappa shape index (κ1) is 11.4. The Morgan fingerprint density at radius 3 is 2.50 bits per heavy atom. The third-order valence-electron chi connectivity index (χ3n) is 3.38. The van der Waals surface area contributed by atoms with Crippen LogP contribution in [0, 0.1) is 16.7 Å². The van der Waals surface area contributed by atoms with Crippen molar-refractivity contribution in [2.24, 2.45) is 5.41 Å². The van der Waals surface area contributed by atoms with Crippen molar-refractivity contribution >= 4 is 5.91 Å². The minimum absolute atomic E-state index is 0.000185. The maximum atomic E-state index is 12.3. The molecule has 5 nitrogen and oxygen atoms in total. The van der Waals surface area contributed by atoms with Gasteiger partial charge in [-0.15, -0.1) is 0 Å². The summed E-state index contributed by atoms with van der Waals surface area (Å²) in [6.07, 6.45) is 1.25. The summed E-state index contributed by atoms with van der Waals surface area (Å²) >= 11 is 0. The number of carbonyl (C=O) groups is 1. The number of carbonyl (C=O) groups excluding carboxylic acids is 1. The third-order valence-corrected chi connectivity index (χ3v) is 3.38. The molecule has 2 heterocycles. The van der Waals surface area contributed by atoms with Crippen LogP contribution in [0.4, 0.5) is 0 Å². The molecule has 5 heteroatoms. The molecular formula is C11H17N3O2. The maximum absolute atomic E-state index is 12.3. The van der Waals surface area contributed by atoms with E-state index in [4.69, 9.17) is 4.74 Å². The molecule has 1 amide bonds. The van der Waals surface area contributed by atoms with Crippen molar-refractivity contribution in [2.45, 2.75) is 12.8 Å². The first-order chi connectivity index (χ1) is 7.78. The molecule has 0 saturated carbocycles. The van der Waals surface area contributed by atoms with E-state index in [1.807, 2.05) is 0 Å². The van der Waals surface area contributed by atoms with Crippen molar-refractivity contribution in [1.29, 1.82) is 5.26 Å². The van der Waals surface area contributed by atoms with Crippen LogP contribution in [0.3, 0.4) is 0 Å². The summed E-state index contributed by atoms with van der Waals surface area (Å²) in [4.78, 5) is 14.1. The summed E-state index contributed by atoms with van der Waals surface area (Å²) in [6, 6.07) is 2.24. The second-order valence-electron chi connectivity index (χ2n) is 4.35. The molecule has 88 valence electrons. The average Bonchev–Trinajstić information content (AvgIpc) is 2.39. The second-order valence-corrected chi connectivity index (χ2v) is 4.35. The Morgan fingerprint density at radius 1 is 1.31 bits per heavy atom. The zero-order valence-corrected chi connectivity index (χ0v) is 9.37. The number of morpholine rings is 1. The van der Waals surface area contributed by atoms with E-state index in [1.165, 1.54) is 0 Å². The van der Waals surface area contributed by atoms with Gasteiger partial charge in [-0.25, -0.2) is 0 Å². The van der Waals surface area contributed by atoms with Gasteiger partial charge >= 0.3 is 0 Å². The Kier molecular flexibility index (Phi) is 3.42. The van der Waals surface area contributed by atoms with Crippen molar-refractivity contribution in [3.05, 3.63) is 0 Å². The molecule has 2 rings (SSSR count). The topological polar surface area (TPSA) is 65.4 Å². The van der Waals surface area contributed by atoms with Crippen LogP contribution in [0.2, 0.25) is 0 Å². The molecule has 0 radical (unpaired) electrons. The third kappa shape index (κ3) is 2.04. The number of ether oxygens (including phenoxy) is 1. The van der Waals surface area contributed by atoms with Gasteiger partial charge in [0, 0.05) is 13.1 Å². The normalized spacial score (nSPS) is 24.8. The average molecular weight is 223 g/mol. The molecule has 1 N–H and O–H groups in total. The van der Waals surface area contributed by atoms with Crippen LogP contribution in [0.15, 0.2) is 0 Å². The number of amides is 1. The van der Waals surface area contributed by atoms with Crippen molar-refractivity contribution in [3.8, 4) is 6.07 Å². The lowest BCUT2D eigenvalue weighted by molar-refractivity contribution is -0.144. The van der Waals surface area contributed by atoms with Crippen LogP contribution in [0.1, 0.15) is 12.8 Å². The summed E-state index contributed by atoms with van der Waals surface area (Å²) in [5.41, 5.74) is -0.789. The SMILES string of the molecule is N#CC1(C(=O)N2CCOCC2)CCNCC1. The van der Waals surface area contributed by atoms with Gasteiger partial charge in [-0.1, -0.05) is 0 Å². The van der Waals surface area contributed by atoms with Gasteiger partial charge < -0.3 is 15.0 Å². The van der Waals surface area contributed by atoms with E-state index in [1.54, 1.807) is 4.90 Å². The quantitative estimate of drug-likeness (QED) is 0.665. The van der Waals surface area contributed by atoms with E-state index in [0.717, 1.165) is 13.1 Å². The van der Waals surface area contributed by atoms with Gasteiger partial charge in [0.15, 0.2) is 0 Å². The Morgan fingerprint density at radius 2 is 1.94 bits per heavy atom. The largest absolute Gasteiger partial charge is 0.378 e. The Balaban J connectivity index is 2.08. The minimum atomic E-state index is -0.789. The number of nitriles is 1. The van der Waals surface area contributed by atoms with E-state index in [2.05, 4.69) is 11.4 Å². The van der Waals surface area contributed by atoms with Gasteiger partial charge in [0.25, 0.3) is 0 Å². The number of rotatable bonds is 1. The van der Waals surface area contributed by atoms with E-state index in [-0.39, 0.29) is 5.91 Å². The molecule has 0 aromatic heterocycles. The molecule has 0 aliphatic carbocycles. The molecule has 0 bridgehead atoms. The molecule has 16 heavy (non-hydrogen) atoms. The van der Waals surface area contributed by atoms with Gasteiger partial charge in [-0.2, -0.15) is 5.26 Å². The van der Waals surface area contributed by atoms with Crippen LogP contribution in [0.5, 0.6) is 0 Å². The van der Waals surface area contributed by atoms with Crippen LogP contribution < -0.4 is 5.32 Å². The summed E-state index contributed by atoms with van der Waals surface area (Å²) in [5, 5.41) is 12.5. The zero-order valence-electron chi connectivity index (χ0n) is 9.37. The van der Waals surface area contributed by atoms with Crippen LogP contribution in [-0.4, -0.2) is 50.2 Å². The molecule has 0 aromatic carbocycles. The lowest BCUT2D eigenvalue weighted by Gasteiger charge is -2.36.